The van der Waals surface area contributed by atoms with Crippen LogP contribution in [0.2, 0.25) is 0 Å². The Balaban J connectivity index is 0.000000159. The van der Waals surface area contributed by atoms with Crippen molar-refractivity contribution in [3.63, 3.8) is 0 Å². The second kappa shape index (κ2) is 8.69. The van der Waals surface area contributed by atoms with Gasteiger partial charge in [-0.1, -0.05) is 42.0 Å². The van der Waals surface area contributed by atoms with Gasteiger partial charge in [-0.25, -0.2) is 0 Å². The van der Waals surface area contributed by atoms with Gasteiger partial charge in [-0.05, 0) is 50.7 Å². The predicted molar refractivity (Wildman–Crippen MR) is 127 cm³/mol. The molecule has 0 spiro atoms. The van der Waals surface area contributed by atoms with Crippen molar-refractivity contribution in [3.8, 4) is 0 Å². The topological polar surface area (TPSA) is 124 Å². The van der Waals surface area contributed by atoms with Crippen LogP contribution in [-0.4, -0.2) is 57.0 Å². The van der Waals surface area contributed by atoms with Crippen molar-refractivity contribution in [2.75, 3.05) is 25.5 Å². The van der Waals surface area contributed by atoms with Crippen LogP contribution in [0.5, 0.6) is 0 Å². The summed E-state index contributed by atoms with van der Waals surface area (Å²) in [6.07, 6.45) is 1.27. The number of benzene rings is 3. The Labute approximate surface area is 193 Å². The van der Waals surface area contributed by atoms with E-state index in [4.69, 9.17) is 9.11 Å². The van der Waals surface area contributed by atoms with Crippen molar-refractivity contribution < 1.29 is 25.9 Å². The van der Waals surface area contributed by atoms with Gasteiger partial charge in [-0.15, -0.1) is 0 Å². The van der Waals surface area contributed by atoms with Gasteiger partial charge >= 0.3 is 0 Å². The van der Waals surface area contributed by atoms with Crippen molar-refractivity contribution >= 4 is 36.7 Å². The second-order valence-electron chi connectivity index (χ2n) is 8.56. The van der Waals surface area contributed by atoms with E-state index in [0.717, 1.165) is 12.1 Å². The van der Waals surface area contributed by atoms with Gasteiger partial charge in [-0.3, -0.25) is 9.11 Å². The molecule has 3 aromatic carbocycles. The van der Waals surface area contributed by atoms with Gasteiger partial charge in [0.2, 0.25) is 0 Å². The highest BCUT2D eigenvalue weighted by molar-refractivity contribution is 7.86. The predicted octanol–water partition coefficient (Wildman–Crippen LogP) is 3.54. The van der Waals surface area contributed by atoms with E-state index in [1.54, 1.807) is 0 Å². The molecule has 0 aromatic heterocycles. The maximum Gasteiger partial charge on any atom is 0.295 e. The first-order valence-electron chi connectivity index (χ1n) is 10.5. The third-order valence-corrected chi connectivity index (χ3v) is 7.98. The average molecular weight is 491 g/mol. The van der Waals surface area contributed by atoms with Gasteiger partial charge in [-0.2, -0.15) is 16.8 Å². The molecule has 33 heavy (non-hydrogen) atoms. The van der Waals surface area contributed by atoms with Crippen molar-refractivity contribution in [2.45, 2.75) is 35.1 Å². The Morgan fingerprint density at radius 2 is 1.48 bits per heavy atom. The van der Waals surface area contributed by atoms with E-state index in [9.17, 15) is 16.8 Å². The summed E-state index contributed by atoms with van der Waals surface area (Å²) < 4.78 is 62.7. The molecule has 0 amide bonds. The van der Waals surface area contributed by atoms with Crippen molar-refractivity contribution in [2.24, 2.45) is 0 Å². The number of hydrogen-bond acceptors (Lipinski definition) is 6. The van der Waals surface area contributed by atoms with Crippen molar-refractivity contribution in [3.05, 3.63) is 65.7 Å². The molecule has 0 bridgehead atoms. The molecule has 176 valence electrons. The molecular weight excluding hydrogens is 464 g/mol. The first-order chi connectivity index (χ1) is 15.4. The first-order valence-corrected chi connectivity index (χ1v) is 13.4. The molecule has 2 aliphatic heterocycles. The Morgan fingerprint density at radius 1 is 0.909 bits per heavy atom. The number of aryl methyl sites for hydroxylation is 1. The summed E-state index contributed by atoms with van der Waals surface area (Å²) in [6, 6.07) is 15.0. The summed E-state index contributed by atoms with van der Waals surface area (Å²) in [6.45, 7) is 4.61. The zero-order valence-corrected chi connectivity index (χ0v) is 19.9. The third kappa shape index (κ3) is 4.90. The van der Waals surface area contributed by atoms with Crippen LogP contribution in [0, 0.1) is 6.92 Å². The van der Waals surface area contributed by atoms with Crippen molar-refractivity contribution in [1.82, 2.24) is 4.90 Å². The van der Waals surface area contributed by atoms with Gasteiger partial charge in [0.1, 0.15) is 9.79 Å². The van der Waals surface area contributed by atoms with Gasteiger partial charge in [0.25, 0.3) is 20.2 Å². The molecule has 3 aromatic rings. The highest BCUT2D eigenvalue weighted by Crippen LogP contribution is 2.40. The molecule has 0 saturated carbocycles. The van der Waals surface area contributed by atoms with Crippen LogP contribution in [0.1, 0.15) is 23.5 Å². The molecule has 0 radical (unpaired) electrons. The zero-order valence-electron chi connectivity index (χ0n) is 18.3. The Bertz CT molecular complexity index is 1350. The van der Waals surface area contributed by atoms with Crippen LogP contribution in [0.15, 0.2) is 64.4 Å². The Kier molecular flexibility index (Phi) is 6.23. The minimum Gasteiger partial charge on any atom is -0.381 e. The molecular formula is C23H26N2O6S2. The molecule has 2 atom stereocenters. The maximum atomic E-state index is 11.2. The molecule has 0 aliphatic carbocycles. The number of nitrogens with one attached hydrogen (secondary N) is 1. The summed E-state index contributed by atoms with van der Waals surface area (Å²) in [5, 5.41) is 3.70. The van der Waals surface area contributed by atoms with Crippen LogP contribution in [0.3, 0.4) is 0 Å². The fraction of sp³-hybridized carbons (Fsp3) is 0.304. The summed E-state index contributed by atoms with van der Waals surface area (Å²) in [5.74, 6) is 0.707. The summed E-state index contributed by atoms with van der Waals surface area (Å²) in [7, 11) is -6.71. The fourth-order valence-electron chi connectivity index (χ4n) is 4.63. The SMILES string of the molecule is Cc1ccc2c(c1)C1CN(C)CCC1N2.O=S(=O)(O)c1cccc2c(S(=O)(=O)O)cccc12. The number of fused-ring (bicyclic) bond motifs is 4. The number of piperidine rings is 1. The van der Waals surface area contributed by atoms with E-state index < -0.39 is 30.0 Å². The lowest BCUT2D eigenvalue weighted by molar-refractivity contribution is 0.243. The van der Waals surface area contributed by atoms with E-state index in [1.165, 1.54) is 60.6 Å². The minimum absolute atomic E-state index is 0.0233. The quantitative estimate of drug-likeness (QED) is 0.466. The Hall–Kier alpha value is -2.50. The van der Waals surface area contributed by atoms with E-state index in [1.807, 2.05) is 0 Å². The number of rotatable bonds is 2. The average Bonchev–Trinajstić information content (AvgIpc) is 3.09. The molecule has 2 heterocycles. The van der Waals surface area contributed by atoms with Gasteiger partial charge < -0.3 is 10.2 Å². The molecule has 2 unspecified atom stereocenters. The van der Waals surface area contributed by atoms with Gasteiger partial charge in [0.05, 0.1) is 0 Å². The maximum absolute atomic E-state index is 11.2. The van der Waals surface area contributed by atoms with Crippen LogP contribution in [0.4, 0.5) is 5.69 Å². The second-order valence-corrected chi connectivity index (χ2v) is 11.3. The Morgan fingerprint density at radius 3 is 2.03 bits per heavy atom. The largest absolute Gasteiger partial charge is 0.381 e. The van der Waals surface area contributed by atoms with E-state index >= 15 is 0 Å². The van der Waals surface area contributed by atoms with Gasteiger partial charge in [0, 0.05) is 35.0 Å². The highest BCUT2D eigenvalue weighted by atomic mass is 32.2. The van der Waals surface area contributed by atoms with Crippen molar-refractivity contribution in [1.29, 1.82) is 0 Å². The van der Waals surface area contributed by atoms with Gasteiger partial charge in [0.15, 0.2) is 0 Å². The smallest absolute Gasteiger partial charge is 0.295 e. The molecule has 8 nitrogen and oxygen atoms in total. The summed E-state index contributed by atoms with van der Waals surface area (Å²) >= 11 is 0. The number of likely N-dealkylation sites (tertiary alicyclic amines) is 1. The summed E-state index contributed by atoms with van der Waals surface area (Å²) in [4.78, 5) is 1.62. The molecule has 10 heteroatoms. The number of hydrogen-bond donors (Lipinski definition) is 3. The lowest BCUT2D eigenvalue weighted by atomic mass is 9.89. The molecule has 1 saturated heterocycles. The fourth-order valence-corrected chi connectivity index (χ4v) is 6.04. The first kappa shape index (κ1) is 23.7. The van der Waals surface area contributed by atoms with E-state index in [0.29, 0.717) is 12.0 Å². The van der Waals surface area contributed by atoms with Crippen LogP contribution >= 0.6 is 0 Å². The molecule has 2 aliphatic rings. The number of likely N-dealkylation sites (N-methyl/N-ethyl adjacent to an activating group) is 1. The van der Waals surface area contributed by atoms with Crippen LogP contribution in [0.25, 0.3) is 10.8 Å². The number of nitrogens with zero attached hydrogens (tertiary/aromatic N) is 1. The monoisotopic (exact) mass is 490 g/mol. The molecule has 1 fully saturated rings. The van der Waals surface area contributed by atoms with Crippen LogP contribution in [-0.2, 0) is 20.2 Å². The minimum atomic E-state index is -4.47. The molecule has 3 N–H and O–H groups in total. The van der Waals surface area contributed by atoms with Crippen LogP contribution < -0.4 is 5.32 Å². The standard InChI is InChI=1S/C13H18N2.C10H8O6S2/c1-9-3-4-12-10(7-9)11-8-15(2)6-5-13(11)14-12;11-17(12,13)9-5-1-3-7-8(9)4-2-6-10(7)18(14,15)16/h3-4,7,11,13-14H,5-6,8H2,1-2H3;1-6H,(H,11,12,13)(H,14,15,16). The molecule has 5 rings (SSSR count). The highest BCUT2D eigenvalue weighted by Gasteiger charge is 2.35. The lowest BCUT2D eigenvalue weighted by Gasteiger charge is -2.32. The normalized spacial score (nSPS) is 20.4. The lowest BCUT2D eigenvalue weighted by Crippen LogP contribution is -2.39. The third-order valence-electron chi connectivity index (χ3n) is 6.16. The summed E-state index contributed by atoms with van der Waals surface area (Å²) in [5.41, 5.74) is 4.28. The van der Waals surface area contributed by atoms with E-state index in [-0.39, 0.29) is 10.8 Å². The number of anilines is 1. The zero-order chi connectivity index (χ0) is 24.0. The van der Waals surface area contributed by atoms with E-state index in [2.05, 4.69) is 42.4 Å².